The molecular weight excluding hydrogens is 377 g/mol. The number of nitro groups is 1. The molecule has 0 saturated carbocycles. The summed E-state index contributed by atoms with van der Waals surface area (Å²) in [5.74, 6) is -1.80. The summed E-state index contributed by atoms with van der Waals surface area (Å²) in [6.45, 7) is 5.08. The fourth-order valence-corrected chi connectivity index (χ4v) is 3.66. The van der Waals surface area contributed by atoms with E-state index in [1.807, 2.05) is 0 Å². The Kier molecular flexibility index (Phi) is 5.62. The lowest BCUT2D eigenvalue weighted by Gasteiger charge is -2.20. The highest BCUT2D eigenvalue weighted by Crippen LogP contribution is 2.21. The van der Waals surface area contributed by atoms with E-state index in [4.69, 9.17) is 0 Å². The Hall–Kier alpha value is -2.85. The van der Waals surface area contributed by atoms with E-state index in [1.165, 1.54) is 24.3 Å². The molecule has 8 nitrogen and oxygen atoms in total. The van der Waals surface area contributed by atoms with Gasteiger partial charge in [0.2, 0.25) is 15.8 Å². The fraction of sp³-hybridized carbons (Fsp3) is 0.235. The number of hydrogen-bond donors (Lipinski definition) is 2. The van der Waals surface area contributed by atoms with E-state index in [0.717, 1.165) is 18.2 Å². The molecule has 2 aromatic rings. The third-order valence-corrected chi connectivity index (χ3v) is 5.00. The lowest BCUT2D eigenvalue weighted by molar-refractivity contribution is -0.387. The van der Waals surface area contributed by atoms with Gasteiger partial charge in [-0.15, -0.1) is 0 Å². The predicted molar refractivity (Wildman–Crippen MR) is 97.5 cm³/mol. The maximum Gasteiger partial charge on any atom is 0.305 e. The Balaban J connectivity index is 2.28. The van der Waals surface area contributed by atoms with Gasteiger partial charge < -0.3 is 5.32 Å². The molecule has 0 unspecified atom stereocenters. The minimum absolute atomic E-state index is 0.0553. The van der Waals surface area contributed by atoms with Crippen molar-refractivity contribution < 1.29 is 22.5 Å². The van der Waals surface area contributed by atoms with Crippen molar-refractivity contribution in [3.8, 4) is 0 Å². The minimum Gasteiger partial charge on any atom is -0.322 e. The Labute approximate surface area is 155 Å². The van der Waals surface area contributed by atoms with Crippen LogP contribution in [0.25, 0.3) is 0 Å². The highest BCUT2D eigenvalue weighted by molar-refractivity contribution is 7.89. The van der Waals surface area contributed by atoms with Gasteiger partial charge in [0.25, 0.3) is 5.91 Å². The van der Waals surface area contributed by atoms with Crippen molar-refractivity contribution in [1.82, 2.24) is 4.72 Å². The van der Waals surface area contributed by atoms with Crippen LogP contribution < -0.4 is 10.0 Å². The molecule has 0 spiro atoms. The van der Waals surface area contributed by atoms with Crippen LogP contribution in [-0.2, 0) is 10.0 Å². The second kappa shape index (κ2) is 7.41. The summed E-state index contributed by atoms with van der Waals surface area (Å²) >= 11 is 0. The molecule has 0 aliphatic rings. The summed E-state index contributed by atoms with van der Waals surface area (Å²) in [4.78, 5) is 22.1. The number of amides is 1. The topological polar surface area (TPSA) is 118 Å². The molecule has 27 heavy (non-hydrogen) atoms. The van der Waals surface area contributed by atoms with Crippen LogP contribution in [0.15, 0.2) is 47.4 Å². The van der Waals surface area contributed by atoms with Gasteiger partial charge in [-0.2, -0.15) is 4.39 Å². The molecule has 0 bridgehead atoms. The molecule has 0 fully saturated rings. The molecule has 10 heteroatoms. The van der Waals surface area contributed by atoms with Gasteiger partial charge in [0.1, 0.15) is 0 Å². The van der Waals surface area contributed by atoms with Crippen LogP contribution in [0.3, 0.4) is 0 Å². The van der Waals surface area contributed by atoms with Crippen LogP contribution in [0.1, 0.15) is 31.1 Å². The number of nitrogens with zero attached hydrogens (tertiary/aromatic N) is 1. The number of nitrogens with one attached hydrogen (secondary N) is 2. The maximum absolute atomic E-state index is 13.4. The molecule has 2 rings (SSSR count). The standard InChI is InChI=1S/C17H18FN3O5S/c1-17(2,3)20-27(25,26)13-6-4-5-12(10-13)19-16(22)11-7-8-14(18)15(9-11)21(23)24/h4-10,20H,1-3H3,(H,19,22). The number of halogens is 1. The van der Waals surface area contributed by atoms with Crippen molar-refractivity contribution in [2.45, 2.75) is 31.2 Å². The van der Waals surface area contributed by atoms with Gasteiger partial charge in [-0.1, -0.05) is 6.07 Å². The van der Waals surface area contributed by atoms with Gasteiger partial charge in [-0.25, -0.2) is 13.1 Å². The Morgan fingerprint density at radius 2 is 1.81 bits per heavy atom. The second-order valence-corrected chi connectivity index (χ2v) is 8.44. The summed E-state index contributed by atoms with van der Waals surface area (Å²) in [6.07, 6.45) is 0. The predicted octanol–water partition coefficient (Wildman–Crippen LogP) is 3.06. The average Bonchev–Trinajstić information content (AvgIpc) is 2.53. The Morgan fingerprint density at radius 3 is 2.41 bits per heavy atom. The quantitative estimate of drug-likeness (QED) is 0.596. The van der Waals surface area contributed by atoms with E-state index in [-0.39, 0.29) is 16.1 Å². The third-order valence-electron chi connectivity index (χ3n) is 3.25. The number of anilines is 1. The molecule has 0 aromatic heterocycles. The van der Waals surface area contributed by atoms with Crippen molar-refractivity contribution >= 4 is 27.3 Å². The monoisotopic (exact) mass is 395 g/mol. The number of rotatable bonds is 5. The van der Waals surface area contributed by atoms with E-state index >= 15 is 0 Å². The fourth-order valence-electron chi connectivity index (χ4n) is 2.20. The van der Waals surface area contributed by atoms with Crippen LogP contribution >= 0.6 is 0 Å². The van der Waals surface area contributed by atoms with Gasteiger partial charge in [0.15, 0.2) is 0 Å². The number of nitro benzene ring substituents is 1. The lowest BCUT2D eigenvalue weighted by Crippen LogP contribution is -2.40. The number of hydrogen-bond acceptors (Lipinski definition) is 5. The molecule has 0 saturated heterocycles. The second-order valence-electron chi connectivity index (χ2n) is 6.76. The number of sulfonamides is 1. The zero-order valence-electron chi connectivity index (χ0n) is 14.8. The van der Waals surface area contributed by atoms with Crippen molar-refractivity contribution in [3.63, 3.8) is 0 Å². The zero-order valence-corrected chi connectivity index (χ0v) is 15.6. The molecule has 0 radical (unpaired) electrons. The molecule has 2 aromatic carbocycles. The summed E-state index contributed by atoms with van der Waals surface area (Å²) < 4.78 is 40.6. The van der Waals surface area contributed by atoms with Crippen molar-refractivity contribution in [3.05, 3.63) is 64.0 Å². The molecule has 0 atom stereocenters. The number of benzene rings is 2. The molecule has 144 valence electrons. The molecule has 1 amide bonds. The minimum atomic E-state index is -3.80. The first-order chi connectivity index (χ1) is 12.4. The van der Waals surface area contributed by atoms with E-state index in [2.05, 4.69) is 10.0 Å². The van der Waals surface area contributed by atoms with Gasteiger partial charge >= 0.3 is 5.69 Å². The van der Waals surface area contributed by atoms with Gasteiger partial charge in [-0.05, 0) is 51.1 Å². The number of carbonyl (C=O) groups is 1. The molecule has 0 aliphatic heterocycles. The van der Waals surface area contributed by atoms with E-state index in [0.29, 0.717) is 0 Å². The smallest absolute Gasteiger partial charge is 0.305 e. The molecule has 0 aliphatic carbocycles. The molecule has 2 N–H and O–H groups in total. The summed E-state index contributed by atoms with van der Waals surface area (Å²) in [7, 11) is -3.80. The normalized spacial score (nSPS) is 11.9. The highest BCUT2D eigenvalue weighted by Gasteiger charge is 2.22. The highest BCUT2D eigenvalue weighted by atomic mass is 32.2. The van der Waals surface area contributed by atoms with Crippen LogP contribution in [0.2, 0.25) is 0 Å². The van der Waals surface area contributed by atoms with Crippen molar-refractivity contribution in [2.75, 3.05) is 5.32 Å². The molecular formula is C17H18FN3O5S. The molecule has 0 heterocycles. The van der Waals surface area contributed by atoms with Gasteiger partial charge in [0, 0.05) is 22.9 Å². The maximum atomic E-state index is 13.4. The first kappa shape index (κ1) is 20.5. The van der Waals surface area contributed by atoms with Crippen molar-refractivity contribution in [1.29, 1.82) is 0 Å². The summed E-state index contributed by atoms with van der Waals surface area (Å²) in [5, 5.41) is 13.2. The first-order valence-corrected chi connectivity index (χ1v) is 9.27. The van der Waals surface area contributed by atoms with Crippen LogP contribution in [0.5, 0.6) is 0 Å². The SMILES string of the molecule is CC(C)(C)NS(=O)(=O)c1cccc(NC(=O)c2ccc(F)c([N+](=O)[O-])c2)c1. The Bertz CT molecular complexity index is 1000. The summed E-state index contributed by atoms with van der Waals surface area (Å²) in [6, 6.07) is 8.26. The van der Waals surface area contributed by atoms with Crippen LogP contribution in [0.4, 0.5) is 15.8 Å². The average molecular weight is 395 g/mol. The first-order valence-electron chi connectivity index (χ1n) is 7.78. The summed E-state index contributed by atoms with van der Waals surface area (Å²) in [5.41, 5.74) is -1.48. The van der Waals surface area contributed by atoms with E-state index < -0.39 is 37.9 Å². The van der Waals surface area contributed by atoms with Crippen molar-refractivity contribution in [2.24, 2.45) is 0 Å². The lowest BCUT2D eigenvalue weighted by atomic mass is 10.1. The zero-order chi connectivity index (χ0) is 20.4. The van der Waals surface area contributed by atoms with E-state index in [9.17, 15) is 27.7 Å². The van der Waals surface area contributed by atoms with Crippen LogP contribution in [0, 0.1) is 15.9 Å². The van der Waals surface area contributed by atoms with Gasteiger partial charge in [0.05, 0.1) is 9.82 Å². The van der Waals surface area contributed by atoms with Gasteiger partial charge in [-0.3, -0.25) is 14.9 Å². The number of carbonyl (C=O) groups excluding carboxylic acids is 1. The largest absolute Gasteiger partial charge is 0.322 e. The van der Waals surface area contributed by atoms with Crippen LogP contribution in [-0.4, -0.2) is 24.8 Å². The van der Waals surface area contributed by atoms with E-state index in [1.54, 1.807) is 20.8 Å². The third kappa shape index (κ3) is 5.31. The Morgan fingerprint density at radius 1 is 1.15 bits per heavy atom.